The molecule has 0 spiro atoms. The van der Waals surface area contributed by atoms with Gasteiger partial charge in [-0.2, -0.15) is 0 Å². The average molecular weight is 386 g/mol. The van der Waals surface area contributed by atoms with E-state index in [2.05, 4.69) is 25.6 Å². The largest absolute Gasteiger partial charge is 0.383 e. The number of hydrogen-bond acceptors (Lipinski definition) is 8. The van der Waals surface area contributed by atoms with E-state index in [1.54, 1.807) is 18.3 Å². The number of anilines is 3. The van der Waals surface area contributed by atoms with Gasteiger partial charge in [-0.05, 0) is 25.0 Å². The lowest BCUT2D eigenvalue weighted by Crippen LogP contribution is -2.42. The lowest BCUT2D eigenvalue weighted by Gasteiger charge is -2.29. The summed E-state index contributed by atoms with van der Waals surface area (Å²) in [5, 5.41) is 6.19. The zero-order valence-electron chi connectivity index (χ0n) is 14.7. The summed E-state index contributed by atoms with van der Waals surface area (Å²) in [5.74, 6) is 0.205. The first-order chi connectivity index (χ1) is 13.0. The van der Waals surface area contributed by atoms with Crippen molar-refractivity contribution in [2.45, 2.75) is 37.8 Å². The Hall–Kier alpha value is -2.85. The second-order valence-corrected chi connectivity index (χ2v) is 6.81. The first-order valence-electron chi connectivity index (χ1n) is 8.66. The molecule has 2 aromatic heterocycles. The Morgan fingerprint density at radius 1 is 1.26 bits per heavy atom. The van der Waals surface area contributed by atoms with Crippen molar-refractivity contribution in [1.29, 1.82) is 0 Å². The van der Waals surface area contributed by atoms with Crippen LogP contribution in [0.4, 0.5) is 17.5 Å². The molecule has 2 heterocycles. The van der Waals surface area contributed by atoms with Gasteiger partial charge < -0.3 is 27.8 Å². The van der Waals surface area contributed by atoms with Gasteiger partial charge in [-0.25, -0.2) is 15.0 Å². The molecular weight excluding hydrogens is 364 g/mol. The van der Waals surface area contributed by atoms with E-state index < -0.39 is 5.91 Å². The van der Waals surface area contributed by atoms with Crippen LogP contribution >= 0.6 is 12.2 Å². The molecule has 0 aliphatic heterocycles. The highest BCUT2D eigenvalue weighted by molar-refractivity contribution is 7.81. The molecular formula is C17H22N8OS. The van der Waals surface area contributed by atoms with Gasteiger partial charge in [-0.15, -0.1) is 0 Å². The summed E-state index contributed by atoms with van der Waals surface area (Å²) in [6.07, 6.45) is 7.17. The van der Waals surface area contributed by atoms with Crippen LogP contribution in [0.1, 0.15) is 41.7 Å². The van der Waals surface area contributed by atoms with Gasteiger partial charge in [0.1, 0.15) is 16.6 Å². The number of rotatable bonds is 5. The normalized spacial score (nSPS) is 19.3. The van der Waals surface area contributed by atoms with Crippen LogP contribution in [0.25, 0.3) is 0 Å². The summed E-state index contributed by atoms with van der Waals surface area (Å²) in [7, 11) is 0. The van der Waals surface area contributed by atoms with Crippen LogP contribution in [-0.2, 0) is 0 Å². The van der Waals surface area contributed by atoms with Gasteiger partial charge in [0, 0.05) is 18.3 Å². The Morgan fingerprint density at radius 3 is 2.74 bits per heavy atom. The van der Waals surface area contributed by atoms with Crippen LogP contribution in [-0.4, -0.2) is 37.9 Å². The van der Waals surface area contributed by atoms with Gasteiger partial charge in [0.25, 0.3) is 5.91 Å². The molecule has 0 saturated heterocycles. The highest BCUT2D eigenvalue weighted by Crippen LogP contribution is 2.22. The molecule has 0 aromatic carbocycles. The van der Waals surface area contributed by atoms with Gasteiger partial charge in [0.15, 0.2) is 11.5 Å². The smallest absolute Gasteiger partial charge is 0.271 e. The van der Waals surface area contributed by atoms with Crippen molar-refractivity contribution in [1.82, 2.24) is 15.0 Å². The molecule has 0 bridgehead atoms. The number of amides is 1. The van der Waals surface area contributed by atoms with E-state index in [0.717, 1.165) is 25.7 Å². The van der Waals surface area contributed by atoms with Crippen molar-refractivity contribution >= 4 is 40.6 Å². The Morgan fingerprint density at radius 2 is 2.04 bits per heavy atom. The second kappa shape index (κ2) is 8.23. The van der Waals surface area contributed by atoms with E-state index in [1.165, 1.54) is 6.20 Å². The third-order valence-electron chi connectivity index (χ3n) is 4.47. The van der Waals surface area contributed by atoms with Crippen LogP contribution in [0.3, 0.4) is 0 Å². The molecule has 1 aliphatic carbocycles. The van der Waals surface area contributed by atoms with Gasteiger partial charge in [0.05, 0.1) is 11.8 Å². The molecule has 1 saturated carbocycles. The van der Waals surface area contributed by atoms with E-state index in [0.29, 0.717) is 11.4 Å². The topological polar surface area (TPSA) is 158 Å². The second-order valence-electron chi connectivity index (χ2n) is 6.41. The number of pyridine rings is 1. The predicted octanol–water partition coefficient (Wildman–Crippen LogP) is 1.02. The third-order valence-corrected chi connectivity index (χ3v) is 4.80. The monoisotopic (exact) mass is 386 g/mol. The fraction of sp³-hybridized carbons (Fsp3) is 0.353. The van der Waals surface area contributed by atoms with E-state index in [1.807, 2.05) is 0 Å². The van der Waals surface area contributed by atoms with Crippen LogP contribution in [0, 0.1) is 0 Å². The van der Waals surface area contributed by atoms with E-state index >= 15 is 0 Å². The van der Waals surface area contributed by atoms with E-state index in [-0.39, 0.29) is 34.4 Å². The van der Waals surface area contributed by atoms with Gasteiger partial charge in [-0.1, -0.05) is 25.1 Å². The van der Waals surface area contributed by atoms with Crippen LogP contribution in [0.5, 0.6) is 0 Å². The minimum Gasteiger partial charge on any atom is -0.383 e. The fourth-order valence-corrected chi connectivity index (χ4v) is 3.31. The summed E-state index contributed by atoms with van der Waals surface area (Å²) in [5.41, 5.74) is 17.9. The van der Waals surface area contributed by atoms with Crippen molar-refractivity contribution in [3.8, 4) is 0 Å². The number of nitrogens with one attached hydrogen (secondary N) is 2. The maximum Gasteiger partial charge on any atom is 0.271 e. The molecule has 10 heteroatoms. The van der Waals surface area contributed by atoms with Crippen molar-refractivity contribution in [2.75, 3.05) is 16.4 Å². The summed E-state index contributed by atoms with van der Waals surface area (Å²) < 4.78 is 0. The number of nitrogen functional groups attached to an aromatic ring is 1. The number of carbonyl (C=O) groups is 1. The molecule has 1 fully saturated rings. The number of nitrogens with zero attached hydrogens (tertiary/aromatic N) is 3. The molecule has 2 aromatic rings. The first-order valence-corrected chi connectivity index (χ1v) is 9.07. The lowest BCUT2D eigenvalue weighted by molar-refractivity contribution is 0.0996. The fourth-order valence-electron chi connectivity index (χ4n) is 3.04. The molecule has 1 amide bonds. The number of carbonyl (C=O) groups excluding carboxylic acids is 1. The summed E-state index contributed by atoms with van der Waals surface area (Å²) >= 11 is 5.37. The maximum absolute atomic E-state index is 11.7. The first kappa shape index (κ1) is 18.9. The summed E-state index contributed by atoms with van der Waals surface area (Å²) in [6.45, 7) is 0. The Bertz CT molecular complexity index is 859. The highest BCUT2D eigenvalue weighted by atomic mass is 32.1. The van der Waals surface area contributed by atoms with Crippen molar-refractivity contribution in [3.05, 3.63) is 35.8 Å². The quantitative estimate of drug-likeness (QED) is 0.473. The highest BCUT2D eigenvalue weighted by Gasteiger charge is 2.23. The van der Waals surface area contributed by atoms with E-state index in [4.69, 9.17) is 29.4 Å². The Labute approximate surface area is 162 Å². The standard InChI is InChI=1S/C17H22N8OS/c18-10-5-1-2-6-11(10)23-12-8-22-13(15(20)26)16(24-12)25-17(27)9-4-3-7-21-14(9)19/h3-4,7-8,10-11H,1-2,5-6,18H2,(H2,19,21)(H2,20,26)(H2,23,24,25,27)/t10-,11+/m0/s1. The van der Waals surface area contributed by atoms with Crippen molar-refractivity contribution in [2.24, 2.45) is 11.5 Å². The van der Waals surface area contributed by atoms with Crippen LogP contribution in [0.2, 0.25) is 0 Å². The maximum atomic E-state index is 11.7. The molecule has 2 atom stereocenters. The van der Waals surface area contributed by atoms with Gasteiger partial charge in [0.2, 0.25) is 0 Å². The Kier molecular flexibility index (Phi) is 5.77. The molecule has 3 rings (SSSR count). The van der Waals surface area contributed by atoms with Crippen molar-refractivity contribution in [3.63, 3.8) is 0 Å². The number of nitrogens with two attached hydrogens (primary N) is 3. The lowest BCUT2D eigenvalue weighted by atomic mass is 9.91. The molecule has 0 unspecified atom stereocenters. The molecule has 9 nitrogen and oxygen atoms in total. The molecule has 142 valence electrons. The third kappa shape index (κ3) is 4.47. The molecule has 1 aliphatic rings. The SMILES string of the molecule is NC(=O)c1ncc(N[C@@H]2CCCC[C@@H]2N)nc1NC(=S)c1cccnc1N. The van der Waals surface area contributed by atoms with Crippen molar-refractivity contribution < 1.29 is 4.79 Å². The molecule has 0 radical (unpaired) electrons. The van der Waals surface area contributed by atoms with Crippen LogP contribution < -0.4 is 27.8 Å². The number of hydrogen-bond donors (Lipinski definition) is 5. The summed E-state index contributed by atoms with van der Waals surface area (Å²) in [4.78, 5) is 24.5. The predicted molar refractivity (Wildman–Crippen MR) is 108 cm³/mol. The Balaban J connectivity index is 1.84. The molecule has 8 N–H and O–H groups in total. The van der Waals surface area contributed by atoms with Crippen LogP contribution in [0.15, 0.2) is 24.5 Å². The number of primary amides is 1. The summed E-state index contributed by atoms with van der Waals surface area (Å²) in [6, 6.07) is 3.58. The van der Waals surface area contributed by atoms with Gasteiger partial charge >= 0.3 is 0 Å². The number of thiocarbonyl (C=S) groups is 1. The van der Waals surface area contributed by atoms with Gasteiger partial charge in [-0.3, -0.25) is 4.79 Å². The zero-order chi connectivity index (χ0) is 19.4. The average Bonchev–Trinajstić information content (AvgIpc) is 2.64. The zero-order valence-corrected chi connectivity index (χ0v) is 15.5. The number of aromatic nitrogens is 3. The minimum absolute atomic E-state index is 0.0155. The molecule has 27 heavy (non-hydrogen) atoms. The minimum atomic E-state index is -0.715. The van der Waals surface area contributed by atoms with E-state index in [9.17, 15) is 4.79 Å².